The Morgan fingerprint density at radius 3 is 2.54 bits per heavy atom. The van der Waals surface area contributed by atoms with E-state index in [1.807, 2.05) is 18.6 Å². The van der Waals surface area contributed by atoms with Crippen molar-refractivity contribution >= 4 is 44.7 Å². The Morgan fingerprint density at radius 2 is 1.76 bits per heavy atom. The maximum atomic E-state index is 15.3. The Labute approximate surface area is 269 Å². The smallest absolute Gasteiger partial charge is 0.240 e. The average molecular weight is 641 g/mol. The number of fused-ring (bicyclic) bond motifs is 1. The van der Waals surface area contributed by atoms with Crippen LogP contribution in [0, 0.1) is 11.2 Å². The molecule has 2 N–H and O–H groups in total. The fourth-order valence-corrected chi connectivity index (χ4v) is 6.72. The molecule has 0 bridgehead atoms. The summed E-state index contributed by atoms with van der Waals surface area (Å²) in [7, 11) is 1.51. The van der Waals surface area contributed by atoms with E-state index in [2.05, 4.69) is 30.1 Å². The maximum Gasteiger partial charge on any atom is 0.240 e. The van der Waals surface area contributed by atoms with E-state index in [0.717, 1.165) is 47.0 Å². The molecule has 1 saturated carbocycles. The van der Waals surface area contributed by atoms with E-state index in [9.17, 15) is 9.59 Å². The van der Waals surface area contributed by atoms with Gasteiger partial charge in [0.25, 0.3) is 0 Å². The lowest BCUT2D eigenvalue weighted by Gasteiger charge is -2.17. The second-order valence-corrected chi connectivity index (χ2v) is 12.7. The molecule has 4 heterocycles. The minimum atomic E-state index is -1.23. The van der Waals surface area contributed by atoms with E-state index in [0.29, 0.717) is 30.0 Å². The number of para-hydroxylation sites is 2. The molecular formula is C34H33FN6O4S. The standard InChI is InChI=1S/C34H33FN6O4S/c1-44-28-7-3-2-6-24(28)39-33(43)34(11-12-34)32(42)38-22-8-9-27(23(35)18-22)45-29-10-13-36-25-19-30(46-31(25)29)26-20-41(21-37-26)17-16-40-14-4-5-15-40/h2-3,6-10,13,18-21H,4-5,11-12,14-17H2,1H3,(H,38,42)(H,39,43). The largest absolute Gasteiger partial charge is 0.495 e. The molecule has 3 aromatic heterocycles. The zero-order chi connectivity index (χ0) is 31.7. The number of nitrogens with one attached hydrogen (secondary N) is 2. The van der Waals surface area contributed by atoms with E-state index in [-0.39, 0.29) is 11.4 Å². The summed E-state index contributed by atoms with van der Waals surface area (Å²) >= 11 is 1.49. The number of rotatable bonds is 11. The molecule has 10 nitrogen and oxygen atoms in total. The molecule has 1 saturated heterocycles. The molecule has 1 aliphatic heterocycles. The number of likely N-dealkylation sites (tertiary alicyclic amines) is 1. The third kappa shape index (κ3) is 6.05. The van der Waals surface area contributed by atoms with Gasteiger partial charge in [0.2, 0.25) is 11.8 Å². The van der Waals surface area contributed by atoms with Crippen molar-refractivity contribution in [2.75, 3.05) is 37.4 Å². The summed E-state index contributed by atoms with van der Waals surface area (Å²) < 4.78 is 29.5. The number of carbonyl (C=O) groups is 2. The quantitative estimate of drug-likeness (QED) is 0.158. The Kier molecular flexibility index (Phi) is 8.14. The average Bonchev–Trinajstić information content (AvgIpc) is 3.39. The van der Waals surface area contributed by atoms with Gasteiger partial charge in [-0.25, -0.2) is 9.37 Å². The van der Waals surface area contributed by atoms with E-state index < -0.39 is 23.0 Å². The molecule has 1 aliphatic carbocycles. The van der Waals surface area contributed by atoms with Crippen LogP contribution in [0.25, 0.3) is 20.8 Å². The molecule has 0 radical (unpaired) electrons. The van der Waals surface area contributed by atoms with Crippen LogP contribution in [0.2, 0.25) is 0 Å². The van der Waals surface area contributed by atoms with Crippen LogP contribution >= 0.6 is 11.3 Å². The molecule has 2 aliphatic rings. The van der Waals surface area contributed by atoms with Crippen LogP contribution < -0.4 is 20.1 Å². The summed E-state index contributed by atoms with van der Waals surface area (Å²) in [6.45, 7) is 4.22. The summed E-state index contributed by atoms with van der Waals surface area (Å²) in [5, 5.41) is 5.50. The summed E-state index contributed by atoms with van der Waals surface area (Å²) in [4.78, 5) is 38.7. The lowest BCUT2D eigenvalue weighted by molar-refractivity contribution is -0.131. The number of hydrogen-bond acceptors (Lipinski definition) is 8. The van der Waals surface area contributed by atoms with Crippen LogP contribution in [-0.4, -0.2) is 58.0 Å². The van der Waals surface area contributed by atoms with E-state index >= 15 is 4.39 Å². The number of halogens is 1. The molecule has 2 fully saturated rings. The minimum Gasteiger partial charge on any atom is -0.495 e. The van der Waals surface area contributed by atoms with Crippen LogP contribution in [-0.2, 0) is 16.1 Å². The predicted molar refractivity (Wildman–Crippen MR) is 175 cm³/mol. The van der Waals surface area contributed by atoms with Crippen LogP contribution in [0.4, 0.5) is 15.8 Å². The lowest BCUT2D eigenvalue weighted by Crippen LogP contribution is -2.35. The number of aromatic nitrogens is 3. The van der Waals surface area contributed by atoms with Crippen molar-refractivity contribution < 1.29 is 23.5 Å². The van der Waals surface area contributed by atoms with Gasteiger partial charge in [-0.1, -0.05) is 12.1 Å². The third-order valence-electron chi connectivity index (χ3n) is 8.52. The summed E-state index contributed by atoms with van der Waals surface area (Å²) in [6, 6.07) is 14.9. The van der Waals surface area contributed by atoms with E-state index in [4.69, 9.17) is 9.47 Å². The van der Waals surface area contributed by atoms with Gasteiger partial charge in [0.15, 0.2) is 11.6 Å². The molecule has 0 spiro atoms. The van der Waals surface area contributed by atoms with E-state index in [1.54, 1.807) is 42.6 Å². The molecule has 5 aromatic rings. The molecule has 12 heteroatoms. The zero-order valence-corrected chi connectivity index (χ0v) is 26.1. The van der Waals surface area contributed by atoms with Crippen LogP contribution in [0.15, 0.2) is 73.3 Å². The summed E-state index contributed by atoms with van der Waals surface area (Å²) in [6.07, 6.45) is 8.85. The number of ether oxygens (including phenoxy) is 2. The van der Waals surface area contributed by atoms with Crippen molar-refractivity contribution in [3.63, 3.8) is 0 Å². The Balaban J connectivity index is 1.02. The van der Waals surface area contributed by atoms with Crippen molar-refractivity contribution in [3.05, 3.63) is 79.1 Å². The van der Waals surface area contributed by atoms with Gasteiger partial charge >= 0.3 is 0 Å². The molecular weight excluding hydrogens is 607 g/mol. The monoisotopic (exact) mass is 640 g/mol. The van der Waals surface area contributed by atoms with Gasteiger partial charge in [0.1, 0.15) is 16.9 Å². The predicted octanol–water partition coefficient (Wildman–Crippen LogP) is 6.55. The summed E-state index contributed by atoms with van der Waals surface area (Å²) in [5.74, 6) is -0.611. The molecule has 0 atom stereocenters. The number of hydrogen-bond donors (Lipinski definition) is 2. The molecule has 46 heavy (non-hydrogen) atoms. The Morgan fingerprint density at radius 1 is 0.957 bits per heavy atom. The van der Waals surface area contributed by atoms with Gasteiger partial charge in [-0.15, -0.1) is 11.3 Å². The molecule has 7 rings (SSSR count). The van der Waals surface area contributed by atoms with Crippen molar-refractivity contribution in [2.45, 2.75) is 32.2 Å². The van der Waals surface area contributed by atoms with Gasteiger partial charge in [-0.2, -0.15) is 0 Å². The third-order valence-corrected chi connectivity index (χ3v) is 9.68. The van der Waals surface area contributed by atoms with Crippen molar-refractivity contribution in [1.82, 2.24) is 19.4 Å². The fourth-order valence-electron chi connectivity index (χ4n) is 5.70. The van der Waals surface area contributed by atoms with Gasteiger partial charge in [0, 0.05) is 43.3 Å². The zero-order valence-electron chi connectivity index (χ0n) is 25.3. The normalized spacial score (nSPS) is 15.5. The first kappa shape index (κ1) is 29.9. The summed E-state index contributed by atoms with van der Waals surface area (Å²) in [5.41, 5.74) is 1.06. The van der Waals surface area contributed by atoms with Crippen molar-refractivity contribution in [3.8, 4) is 27.8 Å². The van der Waals surface area contributed by atoms with Gasteiger partial charge in [-0.05, 0) is 69.1 Å². The van der Waals surface area contributed by atoms with Gasteiger partial charge in [0.05, 0.1) is 39.9 Å². The highest BCUT2D eigenvalue weighted by molar-refractivity contribution is 7.22. The second-order valence-electron chi connectivity index (χ2n) is 11.6. The van der Waals surface area contributed by atoms with Crippen LogP contribution in [0.3, 0.4) is 0 Å². The number of nitrogens with zero attached hydrogens (tertiary/aromatic N) is 4. The maximum absolute atomic E-state index is 15.3. The molecule has 2 aromatic carbocycles. The van der Waals surface area contributed by atoms with Crippen molar-refractivity contribution in [2.24, 2.45) is 5.41 Å². The van der Waals surface area contributed by atoms with Gasteiger partial charge < -0.3 is 29.6 Å². The van der Waals surface area contributed by atoms with Crippen LogP contribution in [0.1, 0.15) is 25.7 Å². The number of imidazole rings is 1. The number of anilines is 2. The van der Waals surface area contributed by atoms with Crippen LogP contribution in [0.5, 0.6) is 17.2 Å². The van der Waals surface area contributed by atoms with E-state index in [1.165, 1.54) is 43.4 Å². The topological polar surface area (TPSA) is 111 Å². The number of thiophene rings is 1. The molecule has 2 amide bonds. The highest BCUT2D eigenvalue weighted by Gasteiger charge is 2.56. The SMILES string of the molecule is COc1ccccc1NC(=O)C1(C(=O)Nc2ccc(Oc3ccnc4cc(-c5cn(CCN6CCCC6)cn5)sc34)c(F)c2)CC1. The lowest BCUT2D eigenvalue weighted by atomic mass is 10.0. The number of methoxy groups -OCH3 is 1. The first-order valence-electron chi connectivity index (χ1n) is 15.3. The number of pyridine rings is 1. The first-order valence-corrected chi connectivity index (χ1v) is 16.1. The number of amides is 2. The molecule has 236 valence electrons. The highest BCUT2D eigenvalue weighted by Crippen LogP contribution is 2.48. The molecule has 0 unspecified atom stereocenters. The number of carbonyl (C=O) groups excluding carboxylic acids is 2. The van der Waals surface area contributed by atoms with Crippen molar-refractivity contribution in [1.29, 1.82) is 0 Å². The second kappa shape index (κ2) is 12.5. The Bertz CT molecular complexity index is 1910. The highest BCUT2D eigenvalue weighted by atomic mass is 32.1. The Hall–Kier alpha value is -4.81. The van der Waals surface area contributed by atoms with Gasteiger partial charge in [-0.3, -0.25) is 14.6 Å². The first-order chi connectivity index (χ1) is 22.4. The minimum absolute atomic E-state index is 0.00157. The number of benzene rings is 2. The fraction of sp³-hybridized carbons (Fsp3) is 0.294.